The van der Waals surface area contributed by atoms with Crippen LogP contribution in [-0.4, -0.2) is 39.4 Å². The third kappa shape index (κ3) is 4.57. The van der Waals surface area contributed by atoms with Gasteiger partial charge in [0.05, 0.1) is 12.9 Å². The number of benzene rings is 2. The molecule has 0 fully saturated rings. The average Bonchev–Trinajstić information content (AvgIpc) is 3.08. The Morgan fingerprint density at radius 3 is 2.52 bits per heavy atom. The van der Waals surface area contributed by atoms with Crippen molar-refractivity contribution in [1.29, 1.82) is 0 Å². The summed E-state index contributed by atoms with van der Waals surface area (Å²) in [6.07, 6.45) is 0. The number of aromatic nitrogens is 3. The van der Waals surface area contributed by atoms with Crippen LogP contribution in [0.25, 0.3) is 5.69 Å². The Bertz CT molecular complexity index is 1050. The van der Waals surface area contributed by atoms with E-state index in [0.29, 0.717) is 27.8 Å². The summed E-state index contributed by atoms with van der Waals surface area (Å²) >= 11 is 1.27. The molecule has 0 saturated carbocycles. The molecule has 8 nitrogen and oxygen atoms in total. The Balaban J connectivity index is 1.72. The molecule has 150 valence electrons. The Hall–Kier alpha value is -3.33. The first kappa shape index (κ1) is 20.4. The Morgan fingerprint density at radius 2 is 1.86 bits per heavy atom. The third-order valence-corrected chi connectivity index (χ3v) is 5.26. The third-order valence-electron chi connectivity index (χ3n) is 4.33. The maximum absolute atomic E-state index is 12.4. The highest BCUT2D eigenvalue weighted by molar-refractivity contribution is 7.99. The second-order valence-corrected chi connectivity index (χ2v) is 7.18. The van der Waals surface area contributed by atoms with Gasteiger partial charge in [-0.2, -0.15) is 0 Å². The van der Waals surface area contributed by atoms with Crippen molar-refractivity contribution in [2.75, 3.05) is 18.2 Å². The highest BCUT2D eigenvalue weighted by atomic mass is 32.2. The van der Waals surface area contributed by atoms with Crippen LogP contribution < -0.4 is 15.8 Å². The standard InChI is InChI=1S/C20H21N5O3S/c1-12-16(19(21)27)5-4-6-17(12)22-18(26)11-29-20-24-23-13(2)25(20)14-7-9-15(28-3)10-8-14/h4-10H,11H2,1-3H3,(H2,21,27)(H,22,26). The molecule has 0 aliphatic carbocycles. The lowest BCUT2D eigenvalue weighted by Gasteiger charge is -2.11. The van der Waals surface area contributed by atoms with Crippen molar-refractivity contribution in [2.24, 2.45) is 5.73 Å². The number of rotatable bonds is 7. The van der Waals surface area contributed by atoms with Crippen molar-refractivity contribution >= 4 is 29.3 Å². The first-order chi connectivity index (χ1) is 13.9. The van der Waals surface area contributed by atoms with Crippen molar-refractivity contribution in [3.63, 3.8) is 0 Å². The van der Waals surface area contributed by atoms with Gasteiger partial charge in [0, 0.05) is 16.9 Å². The highest BCUT2D eigenvalue weighted by Crippen LogP contribution is 2.24. The number of primary amides is 1. The molecule has 1 aromatic heterocycles. The van der Waals surface area contributed by atoms with Crippen LogP contribution in [0.2, 0.25) is 0 Å². The number of nitrogens with two attached hydrogens (primary N) is 1. The van der Waals surface area contributed by atoms with Gasteiger partial charge in [-0.3, -0.25) is 14.2 Å². The minimum Gasteiger partial charge on any atom is -0.497 e. The summed E-state index contributed by atoms with van der Waals surface area (Å²) in [6, 6.07) is 12.5. The van der Waals surface area contributed by atoms with E-state index in [-0.39, 0.29) is 11.7 Å². The molecule has 0 atom stereocenters. The summed E-state index contributed by atoms with van der Waals surface area (Å²) in [4.78, 5) is 23.9. The lowest BCUT2D eigenvalue weighted by Crippen LogP contribution is -2.18. The average molecular weight is 411 g/mol. The smallest absolute Gasteiger partial charge is 0.249 e. The zero-order chi connectivity index (χ0) is 21.0. The maximum Gasteiger partial charge on any atom is 0.249 e. The fourth-order valence-corrected chi connectivity index (χ4v) is 3.62. The Kier molecular flexibility index (Phi) is 6.18. The van der Waals surface area contributed by atoms with E-state index in [9.17, 15) is 9.59 Å². The number of amides is 2. The van der Waals surface area contributed by atoms with Gasteiger partial charge in [0.25, 0.3) is 0 Å². The molecule has 3 N–H and O–H groups in total. The van der Waals surface area contributed by atoms with E-state index in [2.05, 4.69) is 15.5 Å². The van der Waals surface area contributed by atoms with Gasteiger partial charge in [0.15, 0.2) is 5.16 Å². The number of nitrogens with one attached hydrogen (secondary N) is 1. The van der Waals surface area contributed by atoms with E-state index in [1.165, 1.54) is 11.8 Å². The second-order valence-electron chi connectivity index (χ2n) is 6.24. The summed E-state index contributed by atoms with van der Waals surface area (Å²) < 4.78 is 7.06. The topological polar surface area (TPSA) is 112 Å². The van der Waals surface area contributed by atoms with E-state index in [4.69, 9.17) is 10.5 Å². The molecule has 3 rings (SSSR count). The number of hydrogen-bond donors (Lipinski definition) is 2. The van der Waals surface area contributed by atoms with Gasteiger partial charge in [-0.05, 0) is 55.8 Å². The number of carbonyl (C=O) groups excluding carboxylic acids is 2. The van der Waals surface area contributed by atoms with Gasteiger partial charge < -0.3 is 15.8 Å². The van der Waals surface area contributed by atoms with Crippen molar-refractivity contribution < 1.29 is 14.3 Å². The fourth-order valence-electron chi connectivity index (χ4n) is 2.82. The van der Waals surface area contributed by atoms with Gasteiger partial charge in [-0.1, -0.05) is 17.8 Å². The number of hydrogen-bond acceptors (Lipinski definition) is 6. The summed E-state index contributed by atoms with van der Waals surface area (Å²) in [5.74, 6) is 0.844. The Morgan fingerprint density at radius 1 is 1.14 bits per heavy atom. The molecule has 3 aromatic rings. The van der Waals surface area contributed by atoms with Crippen LogP contribution in [0.1, 0.15) is 21.7 Å². The minimum atomic E-state index is -0.531. The lowest BCUT2D eigenvalue weighted by atomic mass is 10.1. The number of ether oxygens (including phenoxy) is 1. The normalized spacial score (nSPS) is 10.6. The molecule has 0 unspecified atom stereocenters. The molecule has 0 aliphatic rings. The SMILES string of the molecule is COc1ccc(-n2c(C)nnc2SCC(=O)Nc2cccc(C(N)=O)c2C)cc1. The van der Waals surface area contributed by atoms with Crippen molar-refractivity contribution in [3.05, 3.63) is 59.4 Å². The van der Waals surface area contributed by atoms with Crippen molar-refractivity contribution in [1.82, 2.24) is 14.8 Å². The second kappa shape index (κ2) is 8.78. The van der Waals surface area contributed by atoms with Gasteiger partial charge in [-0.15, -0.1) is 10.2 Å². The number of thioether (sulfide) groups is 1. The number of methoxy groups -OCH3 is 1. The summed E-state index contributed by atoms with van der Waals surface area (Å²) in [7, 11) is 1.61. The van der Waals surface area contributed by atoms with E-state index >= 15 is 0 Å². The molecular formula is C20H21N5O3S. The van der Waals surface area contributed by atoms with Crippen LogP contribution in [0.15, 0.2) is 47.6 Å². The maximum atomic E-state index is 12.4. The molecule has 0 saturated heterocycles. The predicted octanol–water partition coefficient (Wildman–Crippen LogP) is 2.72. The molecule has 1 heterocycles. The monoisotopic (exact) mass is 411 g/mol. The molecule has 2 amide bonds. The minimum absolute atomic E-state index is 0.133. The van der Waals surface area contributed by atoms with Crippen LogP contribution in [0, 0.1) is 13.8 Å². The first-order valence-corrected chi connectivity index (χ1v) is 9.77. The van der Waals surface area contributed by atoms with E-state index in [1.54, 1.807) is 32.2 Å². The van der Waals surface area contributed by atoms with Crippen LogP contribution in [0.5, 0.6) is 5.75 Å². The van der Waals surface area contributed by atoms with Crippen LogP contribution in [0.3, 0.4) is 0 Å². The van der Waals surface area contributed by atoms with E-state index in [0.717, 1.165) is 11.4 Å². The molecular weight excluding hydrogens is 390 g/mol. The van der Waals surface area contributed by atoms with Crippen molar-refractivity contribution in [3.8, 4) is 11.4 Å². The number of nitrogens with zero attached hydrogens (tertiary/aromatic N) is 3. The van der Waals surface area contributed by atoms with Crippen molar-refractivity contribution in [2.45, 2.75) is 19.0 Å². The quantitative estimate of drug-likeness (QED) is 0.578. The fraction of sp³-hybridized carbons (Fsp3) is 0.200. The van der Waals surface area contributed by atoms with Crippen LogP contribution in [-0.2, 0) is 4.79 Å². The van der Waals surface area contributed by atoms with Crippen LogP contribution in [0.4, 0.5) is 5.69 Å². The van der Waals surface area contributed by atoms with Crippen LogP contribution >= 0.6 is 11.8 Å². The molecule has 0 spiro atoms. The number of anilines is 1. The lowest BCUT2D eigenvalue weighted by molar-refractivity contribution is -0.113. The molecule has 9 heteroatoms. The molecule has 29 heavy (non-hydrogen) atoms. The Labute approximate surface area is 172 Å². The number of aryl methyl sites for hydroxylation is 1. The zero-order valence-electron chi connectivity index (χ0n) is 16.3. The molecule has 0 radical (unpaired) electrons. The molecule has 0 aliphatic heterocycles. The molecule has 2 aromatic carbocycles. The van der Waals surface area contributed by atoms with Gasteiger partial charge in [-0.25, -0.2) is 0 Å². The molecule has 0 bridgehead atoms. The van der Waals surface area contributed by atoms with Gasteiger partial charge in [0.2, 0.25) is 11.8 Å². The summed E-state index contributed by atoms with van der Waals surface area (Å²) in [6.45, 7) is 3.59. The van der Waals surface area contributed by atoms with E-state index < -0.39 is 5.91 Å². The zero-order valence-corrected chi connectivity index (χ0v) is 17.1. The number of carbonyl (C=O) groups is 2. The van der Waals surface area contributed by atoms with Gasteiger partial charge >= 0.3 is 0 Å². The summed E-state index contributed by atoms with van der Waals surface area (Å²) in [5.41, 5.74) is 7.81. The highest BCUT2D eigenvalue weighted by Gasteiger charge is 2.15. The predicted molar refractivity (Wildman–Crippen MR) is 112 cm³/mol. The largest absolute Gasteiger partial charge is 0.497 e. The van der Waals surface area contributed by atoms with Gasteiger partial charge in [0.1, 0.15) is 11.6 Å². The first-order valence-electron chi connectivity index (χ1n) is 8.79. The van der Waals surface area contributed by atoms with E-state index in [1.807, 2.05) is 35.8 Å². The summed E-state index contributed by atoms with van der Waals surface area (Å²) in [5, 5.41) is 11.7.